The van der Waals surface area contributed by atoms with Gasteiger partial charge in [0.15, 0.2) is 0 Å². The van der Waals surface area contributed by atoms with Crippen LogP contribution in [0.3, 0.4) is 0 Å². The van der Waals surface area contributed by atoms with E-state index in [1.165, 1.54) is 0 Å². The number of likely N-dealkylation sites (tertiary alicyclic amines) is 1. The molecule has 1 aliphatic heterocycles. The average molecular weight is 287 g/mol. The smallest absolute Gasteiger partial charge is 0.227 e. The number of carbonyl (C=O) groups excluding carboxylic acids is 1. The Hall–Kier alpha value is -1.81. The van der Waals surface area contributed by atoms with Gasteiger partial charge in [0.25, 0.3) is 0 Å². The first-order chi connectivity index (χ1) is 9.81. The van der Waals surface area contributed by atoms with Crippen LogP contribution in [0.4, 0.5) is 0 Å². The van der Waals surface area contributed by atoms with Crippen LogP contribution in [0.15, 0.2) is 47.8 Å². The van der Waals surface area contributed by atoms with Gasteiger partial charge in [0.05, 0.1) is 13.0 Å². The Kier molecular flexibility index (Phi) is 4.02. The van der Waals surface area contributed by atoms with Gasteiger partial charge in [-0.25, -0.2) is 0 Å². The summed E-state index contributed by atoms with van der Waals surface area (Å²) in [6.45, 7) is 1.49. The lowest BCUT2D eigenvalue weighted by molar-refractivity contribution is -0.129. The Bertz CT molecular complexity index is 553. The summed E-state index contributed by atoms with van der Waals surface area (Å²) in [5.74, 6) is 1.08. The molecule has 1 aromatic heterocycles. The normalized spacial score (nSPS) is 18.2. The first kappa shape index (κ1) is 13.2. The molecule has 3 nitrogen and oxygen atoms in total. The number of para-hydroxylation sites is 1. The molecule has 0 bridgehead atoms. The Balaban J connectivity index is 1.53. The topological polar surface area (TPSA) is 29.5 Å². The molecule has 1 saturated heterocycles. The summed E-state index contributed by atoms with van der Waals surface area (Å²) in [6.07, 6.45) is 1.53. The molecule has 1 amide bonds. The van der Waals surface area contributed by atoms with Crippen molar-refractivity contribution < 1.29 is 9.53 Å². The van der Waals surface area contributed by atoms with E-state index in [9.17, 15) is 4.79 Å². The maximum Gasteiger partial charge on any atom is 0.227 e. The minimum absolute atomic E-state index is 0.115. The van der Waals surface area contributed by atoms with Crippen molar-refractivity contribution in [2.75, 3.05) is 13.1 Å². The molecule has 0 saturated carbocycles. The first-order valence-electron chi connectivity index (χ1n) is 6.83. The molecule has 0 spiro atoms. The summed E-state index contributed by atoms with van der Waals surface area (Å²) in [5, 5.41) is 2.01. The van der Waals surface area contributed by atoms with Gasteiger partial charge in [0.1, 0.15) is 11.9 Å². The number of ether oxygens (including phenoxy) is 1. The van der Waals surface area contributed by atoms with Crippen LogP contribution >= 0.6 is 11.3 Å². The number of benzene rings is 1. The van der Waals surface area contributed by atoms with Gasteiger partial charge >= 0.3 is 0 Å². The van der Waals surface area contributed by atoms with Gasteiger partial charge in [-0.3, -0.25) is 4.79 Å². The number of hydrogen-bond donors (Lipinski definition) is 0. The van der Waals surface area contributed by atoms with Crippen LogP contribution in [0.25, 0.3) is 0 Å². The lowest BCUT2D eigenvalue weighted by Gasteiger charge is -2.17. The van der Waals surface area contributed by atoms with Crippen molar-refractivity contribution >= 4 is 17.2 Å². The van der Waals surface area contributed by atoms with Crippen LogP contribution in [-0.2, 0) is 11.2 Å². The fraction of sp³-hybridized carbons (Fsp3) is 0.312. The molecule has 1 fully saturated rings. The van der Waals surface area contributed by atoms with Crippen LogP contribution < -0.4 is 4.74 Å². The second-order valence-corrected chi connectivity index (χ2v) is 5.97. The van der Waals surface area contributed by atoms with Gasteiger partial charge in [-0.1, -0.05) is 24.3 Å². The SMILES string of the molecule is O=C(Cc1cccs1)N1CCC(Oc2ccccc2)C1. The Labute approximate surface area is 122 Å². The van der Waals surface area contributed by atoms with Gasteiger partial charge in [-0.05, 0) is 23.6 Å². The number of rotatable bonds is 4. The molecule has 0 aliphatic carbocycles. The van der Waals surface area contributed by atoms with Gasteiger partial charge in [-0.15, -0.1) is 11.3 Å². The second kappa shape index (κ2) is 6.09. The Morgan fingerprint density at radius 3 is 2.85 bits per heavy atom. The lowest BCUT2D eigenvalue weighted by Crippen LogP contribution is -2.31. The molecular formula is C16H17NO2S. The van der Waals surface area contributed by atoms with Gasteiger partial charge in [0.2, 0.25) is 5.91 Å². The van der Waals surface area contributed by atoms with Crippen molar-refractivity contribution in [3.05, 3.63) is 52.7 Å². The molecule has 1 aliphatic rings. The predicted octanol–water partition coefficient (Wildman–Crippen LogP) is 2.97. The van der Waals surface area contributed by atoms with Crippen LogP contribution in [-0.4, -0.2) is 30.0 Å². The van der Waals surface area contributed by atoms with E-state index >= 15 is 0 Å². The average Bonchev–Trinajstić information content (AvgIpc) is 3.11. The monoisotopic (exact) mass is 287 g/mol. The second-order valence-electron chi connectivity index (χ2n) is 4.94. The molecular weight excluding hydrogens is 270 g/mol. The third kappa shape index (κ3) is 3.20. The Morgan fingerprint density at radius 2 is 2.10 bits per heavy atom. The van der Waals surface area contributed by atoms with E-state index in [-0.39, 0.29) is 12.0 Å². The summed E-state index contributed by atoms with van der Waals surface area (Å²) in [4.78, 5) is 15.2. The van der Waals surface area contributed by atoms with Crippen molar-refractivity contribution in [3.8, 4) is 5.75 Å². The van der Waals surface area contributed by atoms with Crippen LogP contribution in [0.5, 0.6) is 5.75 Å². The molecule has 2 heterocycles. The van der Waals surface area contributed by atoms with E-state index in [4.69, 9.17) is 4.74 Å². The molecule has 1 aromatic carbocycles. The molecule has 1 unspecified atom stereocenters. The van der Waals surface area contributed by atoms with Crippen molar-refractivity contribution in [1.82, 2.24) is 4.90 Å². The maximum atomic E-state index is 12.2. The molecule has 4 heteroatoms. The summed E-state index contributed by atoms with van der Waals surface area (Å²) in [7, 11) is 0. The van der Waals surface area contributed by atoms with Gasteiger partial charge in [-0.2, -0.15) is 0 Å². The summed E-state index contributed by atoms with van der Waals surface area (Å²) in [6, 6.07) is 13.8. The van der Waals surface area contributed by atoms with E-state index in [0.29, 0.717) is 13.0 Å². The van der Waals surface area contributed by atoms with E-state index in [1.54, 1.807) is 11.3 Å². The molecule has 0 N–H and O–H groups in total. The van der Waals surface area contributed by atoms with Crippen LogP contribution in [0.1, 0.15) is 11.3 Å². The van der Waals surface area contributed by atoms with Crippen molar-refractivity contribution in [1.29, 1.82) is 0 Å². The third-order valence-corrected chi connectivity index (χ3v) is 4.33. The van der Waals surface area contributed by atoms with Crippen LogP contribution in [0.2, 0.25) is 0 Å². The fourth-order valence-corrected chi connectivity index (χ4v) is 3.11. The highest BCUT2D eigenvalue weighted by Gasteiger charge is 2.27. The third-order valence-electron chi connectivity index (χ3n) is 3.45. The van der Waals surface area contributed by atoms with Crippen LogP contribution in [0, 0.1) is 0 Å². The largest absolute Gasteiger partial charge is 0.489 e. The highest BCUT2D eigenvalue weighted by atomic mass is 32.1. The predicted molar refractivity (Wildman–Crippen MR) is 80.1 cm³/mol. The number of hydrogen-bond acceptors (Lipinski definition) is 3. The molecule has 20 heavy (non-hydrogen) atoms. The van der Waals surface area contributed by atoms with E-state index in [1.807, 2.05) is 52.7 Å². The maximum absolute atomic E-state index is 12.2. The highest BCUT2D eigenvalue weighted by Crippen LogP contribution is 2.19. The lowest BCUT2D eigenvalue weighted by atomic mass is 10.3. The standard InChI is InChI=1S/C16H17NO2S/c18-16(11-15-7-4-10-20-15)17-9-8-14(12-17)19-13-5-2-1-3-6-13/h1-7,10,14H,8-9,11-12H2. The minimum atomic E-state index is 0.115. The van der Waals surface area contributed by atoms with Crippen molar-refractivity contribution in [2.45, 2.75) is 18.9 Å². The van der Waals surface area contributed by atoms with Gasteiger partial charge in [0, 0.05) is 17.8 Å². The minimum Gasteiger partial charge on any atom is -0.489 e. The summed E-state index contributed by atoms with van der Waals surface area (Å²) in [5.41, 5.74) is 0. The number of carbonyl (C=O) groups is 1. The highest BCUT2D eigenvalue weighted by molar-refractivity contribution is 7.10. The number of nitrogens with zero attached hydrogens (tertiary/aromatic N) is 1. The first-order valence-corrected chi connectivity index (χ1v) is 7.71. The fourth-order valence-electron chi connectivity index (χ4n) is 2.42. The zero-order chi connectivity index (χ0) is 13.8. The van der Waals surface area contributed by atoms with E-state index in [0.717, 1.165) is 23.6 Å². The summed E-state index contributed by atoms with van der Waals surface area (Å²) < 4.78 is 5.90. The zero-order valence-electron chi connectivity index (χ0n) is 11.2. The van der Waals surface area contributed by atoms with Gasteiger partial charge < -0.3 is 9.64 Å². The molecule has 3 rings (SSSR count). The molecule has 104 valence electrons. The summed E-state index contributed by atoms with van der Waals surface area (Å²) >= 11 is 1.63. The van der Waals surface area contributed by atoms with Crippen molar-refractivity contribution in [3.63, 3.8) is 0 Å². The number of amides is 1. The molecule has 2 aromatic rings. The quantitative estimate of drug-likeness (QED) is 0.865. The number of thiophene rings is 1. The van der Waals surface area contributed by atoms with E-state index < -0.39 is 0 Å². The molecule has 0 radical (unpaired) electrons. The van der Waals surface area contributed by atoms with E-state index in [2.05, 4.69) is 0 Å². The Morgan fingerprint density at radius 1 is 1.25 bits per heavy atom. The molecule has 1 atom stereocenters. The van der Waals surface area contributed by atoms with Crippen molar-refractivity contribution in [2.24, 2.45) is 0 Å². The zero-order valence-corrected chi connectivity index (χ0v) is 12.0.